The first-order chi connectivity index (χ1) is 27.5. The fourth-order valence-electron chi connectivity index (χ4n) is 9.93. The summed E-state index contributed by atoms with van der Waals surface area (Å²) in [5.41, 5.74) is 13.1. The minimum Gasteiger partial charge on any atom is -0.134 e. The van der Waals surface area contributed by atoms with Gasteiger partial charge in [-0.15, -0.1) is 11.3 Å². The third-order valence-corrected chi connectivity index (χ3v) is 13.8. The molecule has 0 unspecified atom stereocenters. The van der Waals surface area contributed by atoms with Crippen LogP contribution in [0.1, 0.15) is 25.0 Å². The zero-order valence-corrected chi connectivity index (χ0v) is 32.0. The van der Waals surface area contributed by atoms with Gasteiger partial charge in [0, 0.05) is 31.2 Å². The molecule has 0 fully saturated rings. The van der Waals surface area contributed by atoms with E-state index in [0.717, 1.165) is 0 Å². The van der Waals surface area contributed by atoms with Gasteiger partial charge in [0.25, 0.3) is 0 Å². The van der Waals surface area contributed by atoms with Gasteiger partial charge < -0.3 is 0 Å². The van der Waals surface area contributed by atoms with Crippen molar-refractivity contribution in [3.8, 4) is 44.5 Å². The van der Waals surface area contributed by atoms with Crippen LogP contribution in [0.2, 0.25) is 0 Å². The standard InChI is InChI=1S/C55H36S/c1-55(2)47-23-13-12-22-44(47)52-48(55)32-46(54-53(52)45-30-34-16-6-7-17-35(34)31-49(45)56-54)51-42-20-10-8-18-40(42)50(41-19-9-11-21-43(41)51)39-27-26-37-28-36(24-25-38(37)29-39)33-14-4-3-5-15-33/h3-32H,1-2H3. The number of hydrogen-bond donors (Lipinski definition) is 0. The van der Waals surface area contributed by atoms with Gasteiger partial charge in [0.15, 0.2) is 0 Å². The predicted octanol–water partition coefficient (Wildman–Crippen LogP) is 16.0. The molecule has 0 atom stereocenters. The highest BCUT2D eigenvalue weighted by Gasteiger charge is 2.38. The van der Waals surface area contributed by atoms with E-state index < -0.39 is 0 Å². The first kappa shape index (κ1) is 31.8. The Bertz CT molecular complexity index is 3380. The molecule has 1 heterocycles. The van der Waals surface area contributed by atoms with Gasteiger partial charge >= 0.3 is 0 Å². The molecule has 0 saturated carbocycles. The second-order valence-electron chi connectivity index (χ2n) is 16.0. The highest BCUT2D eigenvalue weighted by molar-refractivity contribution is 7.26. The average Bonchev–Trinajstić information content (AvgIpc) is 3.72. The lowest BCUT2D eigenvalue weighted by molar-refractivity contribution is 0.661. The summed E-state index contributed by atoms with van der Waals surface area (Å²) in [6.45, 7) is 4.83. The Kier molecular flexibility index (Phi) is 6.66. The molecule has 56 heavy (non-hydrogen) atoms. The van der Waals surface area contributed by atoms with Crippen molar-refractivity contribution in [2.45, 2.75) is 19.3 Å². The second kappa shape index (κ2) is 11.7. The highest BCUT2D eigenvalue weighted by Crippen LogP contribution is 2.58. The quantitative estimate of drug-likeness (QED) is 0.159. The monoisotopic (exact) mass is 728 g/mol. The van der Waals surface area contributed by atoms with Crippen molar-refractivity contribution < 1.29 is 0 Å². The van der Waals surface area contributed by atoms with Crippen LogP contribution in [0, 0.1) is 0 Å². The van der Waals surface area contributed by atoms with Crippen LogP contribution >= 0.6 is 11.3 Å². The molecule has 0 N–H and O–H groups in total. The first-order valence-corrected chi connectivity index (χ1v) is 20.4. The molecular formula is C55H36S. The largest absolute Gasteiger partial charge is 0.134 e. The van der Waals surface area contributed by atoms with Crippen LogP contribution in [0.5, 0.6) is 0 Å². The van der Waals surface area contributed by atoms with Gasteiger partial charge in [-0.1, -0.05) is 166 Å². The fourth-order valence-corrected chi connectivity index (χ4v) is 11.2. The predicted molar refractivity (Wildman–Crippen MR) is 243 cm³/mol. The molecule has 0 nitrogen and oxygen atoms in total. The summed E-state index contributed by atoms with van der Waals surface area (Å²) in [4.78, 5) is 0. The van der Waals surface area contributed by atoms with Crippen molar-refractivity contribution in [1.29, 1.82) is 0 Å². The van der Waals surface area contributed by atoms with Crippen LogP contribution in [-0.4, -0.2) is 0 Å². The van der Waals surface area contributed by atoms with E-state index in [1.807, 2.05) is 11.3 Å². The summed E-state index contributed by atoms with van der Waals surface area (Å²) in [5, 5.41) is 13.0. The smallest absolute Gasteiger partial charge is 0.0440 e. The van der Waals surface area contributed by atoms with Crippen LogP contribution in [0.25, 0.3) is 108 Å². The van der Waals surface area contributed by atoms with Crippen LogP contribution in [0.3, 0.4) is 0 Å². The Morgan fingerprint density at radius 2 is 0.911 bits per heavy atom. The van der Waals surface area contributed by atoms with Crippen LogP contribution in [0.15, 0.2) is 182 Å². The molecule has 0 radical (unpaired) electrons. The van der Waals surface area contributed by atoms with Crippen molar-refractivity contribution in [3.63, 3.8) is 0 Å². The molecule has 1 aromatic heterocycles. The zero-order valence-electron chi connectivity index (χ0n) is 31.2. The first-order valence-electron chi connectivity index (χ1n) is 19.6. The lowest BCUT2D eigenvalue weighted by Gasteiger charge is -2.23. The molecule has 0 bridgehead atoms. The zero-order chi connectivity index (χ0) is 37.1. The molecule has 10 aromatic carbocycles. The number of benzene rings is 10. The Hall–Kier alpha value is -6.54. The SMILES string of the molecule is CC1(C)c2ccccc2-c2c1cc(-c1c3ccccc3c(-c3ccc4cc(-c5ccccc5)ccc4c3)c3ccccc13)c1sc3cc4ccccc4cc3c21. The normalized spacial score (nSPS) is 13.3. The molecular weight excluding hydrogens is 693 g/mol. The molecule has 0 saturated heterocycles. The van der Waals surface area contributed by atoms with Gasteiger partial charge in [-0.25, -0.2) is 0 Å². The molecule has 0 spiro atoms. The van der Waals surface area contributed by atoms with Crippen molar-refractivity contribution >= 4 is 74.6 Å². The molecule has 12 rings (SSSR count). The van der Waals surface area contributed by atoms with Crippen molar-refractivity contribution in [2.75, 3.05) is 0 Å². The number of fused-ring (bicyclic) bond motifs is 11. The molecule has 11 aromatic rings. The summed E-state index contributed by atoms with van der Waals surface area (Å²) in [6.07, 6.45) is 0. The van der Waals surface area contributed by atoms with E-state index in [9.17, 15) is 0 Å². The van der Waals surface area contributed by atoms with E-state index >= 15 is 0 Å². The number of hydrogen-bond acceptors (Lipinski definition) is 1. The van der Waals surface area contributed by atoms with Crippen molar-refractivity contribution in [2.24, 2.45) is 0 Å². The minimum absolute atomic E-state index is 0.142. The summed E-state index contributed by atoms with van der Waals surface area (Å²) >= 11 is 1.96. The van der Waals surface area contributed by atoms with Crippen molar-refractivity contribution in [1.82, 2.24) is 0 Å². The van der Waals surface area contributed by atoms with E-state index in [2.05, 4.69) is 196 Å². The van der Waals surface area contributed by atoms with Gasteiger partial charge in [-0.3, -0.25) is 0 Å². The van der Waals surface area contributed by atoms with Gasteiger partial charge in [-0.05, 0) is 123 Å². The fraction of sp³-hybridized carbons (Fsp3) is 0.0545. The molecule has 262 valence electrons. The Morgan fingerprint density at radius 3 is 1.62 bits per heavy atom. The lowest BCUT2D eigenvalue weighted by atomic mass is 9.79. The van der Waals surface area contributed by atoms with Gasteiger partial charge in [0.05, 0.1) is 0 Å². The second-order valence-corrected chi connectivity index (χ2v) is 17.1. The van der Waals surface area contributed by atoms with Gasteiger partial charge in [-0.2, -0.15) is 0 Å². The summed E-state index contributed by atoms with van der Waals surface area (Å²) in [7, 11) is 0. The maximum absolute atomic E-state index is 2.57. The molecule has 1 aliphatic rings. The summed E-state index contributed by atoms with van der Waals surface area (Å²) in [5.74, 6) is 0. The third-order valence-electron chi connectivity index (χ3n) is 12.6. The summed E-state index contributed by atoms with van der Waals surface area (Å²) in [6, 6.07) is 68.2. The van der Waals surface area contributed by atoms with E-state index in [1.165, 1.54) is 119 Å². The average molecular weight is 729 g/mol. The Balaban J connectivity index is 1.17. The Morgan fingerprint density at radius 1 is 0.357 bits per heavy atom. The molecule has 1 aliphatic carbocycles. The van der Waals surface area contributed by atoms with Crippen LogP contribution < -0.4 is 0 Å². The maximum atomic E-state index is 2.57. The van der Waals surface area contributed by atoms with E-state index in [4.69, 9.17) is 0 Å². The van der Waals surface area contributed by atoms with E-state index in [-0.39, 0.29) is 5.41 Å². The lowest BCUT2D eigenvalue weighted by Crippen LogP contribution is -2.15. The topological polar surface area (TPSA) is 0 Å². The van der Waals surface area contributed by atoms with Gasteiger partial charge in [0.1, 0.15) is 0 Å². The van der Waals surface area contributed by atoms with E-state index in [1.54, 1.807) is 0 Å². The van der Waals surface area contributed by atoms with Crippen LogP contribution in [0.4, 0.5) is 0 Å². The van der Waals surface area contributed by atoms with Gasteiger partial charge in [0.2, 0.25) is 0 Å². The van der Waals surface area contributed by atoms with E-state index in [0.29, 0.717) is 0 Å². The molecule has 0 aliphatic heterocycles. The summed E-state index contributed by atoms with van der Waals surface area (Å²) < 4.78 is 2.71. The van der Waals surface area contributed by atoms with Crippen molar-refractivity contribution in [3.05, 3.63) is 193 Å². The third kappa shape index (κ3) is 4.47. The van der Waals surface area contributed by atoms with Crippen LogP contribution in [-0.2, 0) is 5.41 Å². The number of thiophene rings is 1. The highest BCUT2D eigenvalue weighted by atomic mass is 32.1. The molecule has 1 heteroatoms. The Labute approximate surface area is 329 Å². The minimum atomic E-state index is -0.142. The number of rotatable bonds is 3. The maximum Gasteiger partial charge on any atom is 0.0440 e. The molecule has 0 amide bonds.